The molecule has 2 heterocycles. The first-order valence-corrected chi connectivity index (χ1v) is 9.55. The Labute approximate surface area is 158 Å². The molecule has 0 unspecified atom stereocenters. The van der Waals surface area contributed by atoms with Gasteiger partial charge in [0, 0.05) is 16.9 Å². The molecule has 3 aromatic rings. The number of thiophene rings is 1. The quantitative estimate of drug-likeness (QED) is 0.604. The van der Waals surface area contributed by atoms with E-state index in [-0.39, 0.29) is 5.75 Å². The molecule has 0 spiro atoms. The summed E-state index contributed by atoms with van der Waals surface area (Å²) < 4.78 is 5.03. The first kappa shape index (κ1) is 18.2. The van der Waals surface area contributed by atoms with Crippen LogP contribution in [0.25, 0.3) is 0 Å². The number of methoxy groups -OCH3 is 1. The Morgan fingerprint density at radius 3 is 2.77 bits per heavy atom. The highest BCUT2D eigenvalue weighted by Gasteiger charge is 2.13. The van der Waals surface area contributed by atoms with Crippen molar-refractivity contribution in [1.29, 1.82) is 0 Å². The molecule has 0 fully saturated rings. The number of aromatic nitrogens is 3. The first-order valence-electron chi connectivity index (χ1n) is 7.69. The van der Waals surface area contributed by atoms with E-state index >= 15 is 0 Å². The Morgan fingerprint density at radius 1 is 1.27 bits per heavy atom. The zero-order chi connectivity index (χ0) is 18.4. The molecule has 0 saturated carbocycles. The molecule has 134 valence electrons. The largest absolute Gasteiger partial charge is 0.497 e. The van der Waals surface area contributed by atoms with Gasteiger partial charge >= 0.3 is 0 Å². The average Bonchev–Trinajstić information content (AvgIpc) is 3.32. The lowest BCUT2D eigenvalue weighted by atomic mass is 10.2. The first-order chi connectivity index (χ1) is 12.6. The highest BCUT2D eigenvalue weighted by atomic mass is 32.2. The summed E-state index contributed by atoms with van der Waals surface area (Å²) in [4.78, 5) is 29.5. The van der Waals surface area contributed by atoms with Crippen LogP contribution < -0.4 is 10.1 Å². The lowest BCUT2D eigenvalue weighted by Gasteiger charge is -2.04. The van der Waals surface area contributed by atoms with Crippen LogP contribution in [0.15, 0.2) is 46.9 Å². The molecule has 0 aliphatic rings. The van der Waals surface area contributed by atoms with E-state index in [1.165, 1.54) is 16.6 Å². The zero-order valence-corrected chi connectivity index (χ0v) is 15.5. The number of carbonyl (C=O) groups is 2. The molecule has 2 N–H and O–H groups in total. The number of carbonyl (C=O) groups excluding carboxylic acids is 2. The van der Waals surface area contributed by atoms with Crippen LogP contribution in [0, 0.1) is 0 Å². The number of imide groups is 1. The Morgan fingerprint density at radius 2 is 2.08 bits per heavy atom. The van der Waals surface area contributed by atoms with Gasteiger partial charge in [0.25, 0.3) is 5.91 Å². The van der Waals surface area contributed by atoms with Crippen molar-refractivity contribution in [2.24, 2.45) is 0 Å². The van der Waals surface area contributed by atoms with Gasteiger partial charge in [0.15, 0.2) is 0 Å². The number of nitrogens with zero attached hydrogens (tertiary/aromatic N) is 2. The molecule has 1 aromatic carbocycles. The van der Waals surface area contributed by atoms with Crippen LogP contribution in [-0.4, -0.2) is 39.9 Å². The molecule has 0 atom stereocenters. The molecule has 3 rings (SSSR count). The van der Waals surface area contributed by atoms with Crippen molar-refractivity contribution in [2.45, 2.75) is 11.6 Å². The van der Waals surface area contributed by atoms with Crippen molar-refractivity contribution in [2.75, 3.05) is 12.9 Å². The smallest absolute Gasteiger partial charge is 0.257 e. The number of hydrogen-bond donors (Lipinski definition) is 2. The van der Waals surface area contributed by atoms with Gasteiger partial charge in [-0.15, -0.1) is 16.4 Å². The van der Waals surface area contributed by atoms with E-state index in [2.05, 4.69) is 20.5 Å². The van der Waals surface area contributed by atoms with Crippen molar-refractivity contribution in [3.05, 3.63) is 58.0 Å². The lowest BCUT2D eigenvalue weighted by Crippen LogP contribution is -2.31. The van der Waals surface area contributed by atoms with Crippen molar-refractivity contribution in [1.82, 2.24) is 20.5 Å². The minimum atomic E-state index is -0.452. The number of nitrogens with one attached hydrogen (secondary N) is 2. The summed E-state index contributed by atoms with van der Waals surface area (Å²) in [6.07, 6.45) is 0.674. The normalized spacial score (nSPS) is 10.5. The van der Waals surface area contributed by atoms with Crippen molar-refractivity contribution in [3.63, 3.8) is 0 Å². The fraction of sp³-hybridized carbons (Fsp3) is 0.176. The predicted molar refractivity (Wildman–Crippen MR) is 99.7 cm³/mol. The number of benzene rings is 1. The van der Waals surface area contributed by atoms with Crippen LogP contribution in [0.4, 0.5) is 0 Å². The molecule has 0 radical (unpaired) electrons. The second-order valence-electron chi connectivity index (χ2n) is 5.22. The number of rotatable bonds is 7. The van der Waals surface area contributed by atoms with Gasteiger partial charge < -0.3 is 4.74 Å². The summed E-state index contributed by atoms with van der Waals surface area (Å²) in [5.41, 5.74) is 0.389. The van der Waals surface area contributed by atoms with Crippen LogP contribution in [0.3, 0.4) is 0 Å². The third-order valence-electron chi connectivity index (χ3n) is 3.37. The second kappa shape index (κ2) is 8.63. The topological polar surface area (TPSA) is 97.0 Å². The van der Waals surface area contributed by atoms with E-state index < -0.39 is 11.8 Å². The molecule has 0 saturated heterocycles. The summed E-state index contributed by atoms with van der Waals surface area (Å²) in [6.45, 7) is 0. The van der Waals surface area contributed by atoms with E-state index in [1.807, 2.05) is 17.5 Å². The molecule has 2 aromatic heterocycles. The Balaban J connectivity index is 1.47. The van der Waals surface area contributed by atoms with Gasteiger partial charge in [0.05, 0.1) is 12.9 Å². The minimum Gasteiger partial charge on any atom is -0.497 e. The van der Waals surface area contributed by atoms with Crippen LogP contribution in [0.2, 0.25) is 0 Å². The van der Waals surface area contributed by atoms with Crippen LogP contribution in [0.5, 0.6) is 5.75 Å². The van der Waals surface area contributed by atoms with Gasteiger partial charge in [0.1, 0.15) is 11.6 Å². The van der Waals surface area contributed by atoms with Crippen LogP contribution >= 0.6 is 23.1 Å². The number of hydrogen-bond acceptors (Lipinski definition) is 7. The van der Waals surface area contributed by atoms with E-state index in [1.54, 1.807) is 42.7 Å². The van der Waals surface area contributed by atoms with Crippen LogP contribution in [-0.2, 0) is 11.2 Å². The SMILES string of the molecule is COc1ccc(C(=O)NC(=O)CSc2n[nH]c(Cc3cccs3)n2)cc1. The third kappa shape index (κ3) is 4.93. The molecule has 7 nitrogen and oxygen atoms in total. The number of thioether (sulfide) groups is 1. The lowest BCUT2D eigenvalue weighted by molar-refractivity contribution is -0.117. The molecule has 26 heavy (non-hydrogen) atoms. The summed E-state index contributed by atoms with van der Waals surface area (Å²) in [5, 5.41) is 11.8. The van der Waals surface area contributed by atoms with Gasteiger partial charge in [0.2, 0.25) is 11.1 Å². The second-order valence-corrected chi connectivity index (χ2v) is 7.19. The zero-order valence-electron chi connectivity index (χ0n) is 13.9. The van der Waals surface area contributed by atoms with E-state index in [9.17, 15) is 9.59 Å². The van der Waals surface area contributed by atoms with E-state index in [4.69, 9.17) is 4.74 Å². The summed E-state index contributed by atoms with van der Waals surface area (Å²) >= 11 is 2.82. The molecule has 2 amide bonds. The van der Waals surface area contributed by atoms with E-state index in [0.29, 0.717) is 22.9 Å². The molecule has 0 bridgehead atoms. The summed E-state index contributed by atoms with van der Waals surface area (Å²) in [7, 11) is 1.55. The Bertz CT molecular complexity index is 876. The molecule has 0 aliphatic carbocycles. The maximum Gasteiger partial charge on any atom is 0.257 e. The highest BCUT2D eigenvalue weighted by Crippen LogP contribution is 2.16. The molecule has 0 aliphatic heterocycles. The molecular weight excluding hydrogens is 372 g/mol. The molecule has 9 heteroatoms. The van der Waals surface area contributed by atoms with Gasteiger partial charge in [-0.25, -0.2) is 4.98 Å². The predicted octanol–water partition coefficient (Wildman–Crippen LogP) is 2.51. The monoisotopic (exact) mass is 388 g/mol. The number of amides is 2. The maximum atomic E-state index is 12.0. The van der Waals surface area contributed by atoms with Gasteiger partial charge in [-0.1, -0.05) is 17.8 Å². The Hall–Kier alpha value is -2.65. The number of aromatic amines is 1. The van der Waals surface area contributed by atoms with Crippen molar-refractivity contribution in [3.8, 4) is 5.75 Å². The van der Waals surface area contributed by atoms with Gasteiger partial charge in [-0.05, 0) is 35.7 Å². The van der Waals surface area contributed by atoms with Gasteiger partial charge in [-0.3, -0.25) is 20.0 Å². The summed E-state index contributed by atoms with van der Waals surface area (Å²) in [6, 6.07) is 10.5. The van der Waals surface area contributed by atoms with E-state index in [0.717, 1.165) is 5.82 Å². The standard InChI is InChI=1S/C17H16N4O3S2/c1-24-12-6-4-11(5-7-12)16(23)19-15(22)10-26-17-18-14(20-21-17)9-13-3-2-8-25-13/h2-8H,9-10H2,1H3,(H,18,20,21)(H,19,22,23). The summed E-state index contributed by atoms with van der Waals surface area (Å²) in [5.74, 6) is 0.584. The minimum absolute atomic E-state index is 0.0538. The van der Waals surface area contributed by atoms with Gasteiger partial charge in [-0.2, -0.15) is 0 Å². The Kier molecular flexibility index (Phi) is 6.03. The van der Waals surface area contributed by atoms with Crippen molar-refractivity contribution >= 4 is 34.9 Å². The van der Waals surface area contributed by atoms with Crippen molar-refractivity contribution < 1.29 is 14.3 Å². The molecular formula is C17H16N4O3S2. The third-order valence-corrected chi connectivity index (χ3v) is 5.09. The fourth-order valence-electron chi connectivity index (χ4n) is 2.11. The number of H-pyrrole nitrogens is 1. The highest BCUT2D eigenvalue weighted by molar-refractivity contribution is 7.99. The van der Waals surface area contributed by atoms with Crippen LogP contribution in [0.1, 0.15) is 21.1 Å². The maximum absolute atomic E-state index is 12.0. The number of ether oxygens (including phenoxy) is 1. The average molecular weight is 388 g/mol. The fourth-order valence-corrected chi connectivity index (χ4v) is 3.43.